The normalized spacial score (nSPS) is 11.4. The maximum absolute atomic E-state index is 3.87. The highest BCUT2D eigenvalue weighted by Crippen LogP contribution is 2.09. The van der Waals surface area contributed by atoms with Crippen LogP contribution >= 0.6 is 0 Å². The van der Waals surface area contributed by atoms with Crippen LogP contribution in [0.15, 0.2) is 12.2 Å². The molecule has 0 aromatic rings. The molecule has 0 saturated carbocycles. The van der Waals surface area contributed by atoms with Gasteiger partial charge in [0, 0.05) is 0 Å². The molecule has 0 fully saturated rings. The third kappa shape index (κ3) is 15.7. The number of unbranched alkanes of at least 4 members (excludes halogenated alkanes) is 12. The van der Waals surface area contributed by atoms with E-state index in [0.717, 1.165) is 12.8 Å². The Morgan fingerprint density at radius 2 is 0.778 bits per heavy atom. The lowest BCUT2D eigenvalue weighted by molar-refractivity contribution is 0.599. The SMILES string of the molecule is [CH2]CCCCCC/C=C/CCCCCCCC[CH2]. The molecule has 0 aliphatic carbocycles. The zero-order chi connectivity index (χ0) is 13.3. The third-order valence-electron chi connectivity index (χ3n) is 3.41. The Morgan fingerprint density at radius 1 is 0.444 bits per heavy atom. The summed E-state index contributed by atoms with van der Waals surface area (Å²) < 4.78 is 0. The summed E-state index contributed by atoms with van der Waals surface area (Å²) in [5, 5.41) is 0. The second-order valence-corrected chi connectivity index (χ2v) is 5.29. The Labute approximate surface area is 116 Å². The van der Waals surface area contributed by atoms with Gasteiger partial charge in [-0.2, -0.15) is 0 Å². The number of hydrogen-bond donors (Lipinski definition) is 0. The molecule has 0 aromatic heterocycles. The Morgan fingerprint density at radius 3 is 1.17 bits per heavy atom. The number of rotatable bonds is 14. The summed E-state index contributed by atoms with van der Waals surface area (Å²) in [5.41, 5.74) is 0. The van der Waals surface area contributed by atoms with E-state index in [-0.39, 0.29) is 0 Å². The quantitative estimate of drug-likeness (QED) is 0.238. The fourth-order valence-electron chi connectivity index (χ4n) is 2.17. The summed E-state index contributed by atoms with van der Waals surface area (Å²) >= 11 is 0. The molecule has 2 radical (unpaired) electrons. The highest BCUT2D eigenvalue weighted by atomic mass is 14.0. The van der Waals surface area contributed by atoms with Gasteiger partial charge < -0.3 is 0 Å². The Balaban J connectivity index is 3.00. The summed E-state index contributed by atoms with van der Waals surface area (Å²) in [5.74, 6) is 0. The van der Waals surface area contributed by atoms with Crippen molar-refractivity contribution >= 4 is 0 Å². The van der Waals surface area contributed by atoms with Crippen molar-refractivity contribution in [2.24, 2.45) is 0 Å². The van der Waals surface area contributed by atoms with Crippen LogP contribution in [0, 0.1) is 13.8 Å². The van der Waals surface area contributed by atoms with Gasteiger partial charge in [-0.05, 0) is 25.7 Å². The van der Waals surface area contributed by atoms with Crippen molar-refractivity contribution in [3.63, 3.8) is 0 Å². The molecule has 18 heavy (non-hydrogen) atoms. The molecule has 0 bridgehead atoms. The molecule has 0 nitrogen and oxygen atoms in total. The minimum atomic E-state index is 1.10. The van der Waals surface area contributed by atoms with Crippen LogP contribution < -0.4 is 0 Å². The molecule has 0 unspecified atom stereocenters. The first kappa shape index (κ1) is 17.7. The Hall–Kier alpha value is -0.260. The summed E-state index contributed by atoms with van der Waals surface area (Å²) in [4.78, 5) is 0. The topological polar surface area (TPSA) is 0 Å². The first-order valence-corrected chi connectivity index (χ1v) is 8.15. The van der Waals surface area contributed by atoms with Gasteiger partial charge in [-0.1, -0.05) is 90.2 Å². The summed E-state index contributed by atoms with van der Waals surface area (Å²) in [6, 6.07) is 0. The van der Waals surface area contributed by atoms with Gasteiger partial charge in [0.15, 0.2) is 0 Å². The van der Waals surface area contributed by atoms with Gasteiger partial charge >= 0.3 is 0 Å². The number of hydrogen-bond acceptors (Lipinski definition) is 0. The van der Waals surface area contributed by atoms with Crippen LogP contribution in [0.3, 0.4) is 0 Å². The largest absolute Gasteiger partial charge is 0.0885 e. The van der Waals surface area contributed by atoms with Crippen molar-refractivity contribution in [1.82, 2.24) is 0 Å². The standard InChI is InChI=1S/C18H34/c1-3-5-7-9-11-13-15-17-18-16-14-12-10-8-6-4-2/h15,17H,1-14,16,18H2/b17-15+. The molecule has 0 aromatic carbocycles. The summed E-state index contributed by atoms with van der Waals surface area (Å²) in [6.45, 7) is 7.74. The van der Waals surface area contributed by atoms with E-state index in [1.807, 2.05) is 0 Å². The van der Waals surface area contributed by atoms with E-state index in [9.17, 15) is 0 Å². The lowest BCUT2D eigenvalue weighted by atomic mass is 10.1. The second-order valence-electron chi connectivity index (χ2n) is 5.29. The average Bonchev–Trinajstić information content (AvgIpc) is 2.39. The van der Waals surface area contributed by atoms with E-state index in [1.54, 1.807) is 0 Å². The lowest BCUT2D eigenvalue weighted by Gasteiger charge is -1.99. The molecule has 106 valence electrons. The Kier molecular flexibility index (Phi) is 16.5. The van der Waals surface area contributed by atoms with Crippen LogP contribution in [-0.2, 0) is 0 Å². The van der Waals surface area contributed by atoms with Crippen molar-refractivity contribution in [3.8, 4) is 0 Å². The van der Waals surface area contributed by atoms with Crippen molar-refractivity contribution in [2.45, 2.75) is 89.9 Å². The van der Waals surface area contributed by atoms with E-state index >= 15 is 0 Å². The van der Waals surface area contributed by atoms with Gasteiger partial charge in [-0.3, -0.25) is 0 Å². The fourth-order valence-corrected chi connectivity index (χ4v) is 2.17. The average molecular weight is 250 g/mol. The molecule has 0 spiro atoms. The molecule has 0 rings (SSSR count). The minimum Gasteiger partial charge on any atom is -0.0885 e. The molecular weight excluding hydrogens is 216 g/mol. The van der Waals surface area contributed by atoms with Gasteiger partial charge in [0.2, 0.25) is 0 Å². The smallest absolute Gasteiger partial charge is 0.0351 e. The van der Waals surface area contributed by atoms with Crippen LogP contribution in [0.1, 0.15) is 89.9 Å². The first-order valence-electron chi connectivity index (χ1n) is 8.15. The molecular formula is C18H34. The highest BCUT2D eigenvalue weighted by Gasteiger charge is 1.89. The van der Waals surface area contributed by atoms with Crippen molar-refractivity contribution in [1.29, 1.82) is 0 Å². The zero-order valence-electron chi connectivity index (χ0n) is 12.5. The molecule has 0 saturated heterocycles. The summed E-state index contributed by atoms with van der Waals surface area (Å²) in [7, 11) is 0. The molecule has 0 aliphatic heterocycles. The van der Waals surface area contributed by atoms with Crippen LogP contribution in [0.4, 0.5) is 0 Å². The van der Waals surface area contributed by atoms with E-state index in [1.165, 1.54) is 77.0 Å². The van der Waals surface area contributed by atoms with E-state index in [4.69, 9.17) is 0 Å². The lowest BCUT2D eigenvalue weighted by Crippen LogP contribution is -1.79. The maximum atomic E-state index is 3.87. The third-order valence-corrected chi connectivity index (χ3v) is 3.41. The van der Waals surface area contributed by atoms with E-state index < -0.39 is 0 Å². The molecule has 0 aliphatic rings. The zero-order valence-corrected chi connectivity index (χ0v) is 12.5. The van der Waals surface area contributed by atoms with Crippen LogP contribution in [-0.4, -0.2) is 0 Å². The van der Waals surface area contributed by atoms with Crippen LogP contribution in [0.5, 0.6) is 0 Å². The molecule has 0 N–H and O–H groups in total. The predicted octanol–water partition coefficient (Wildman–Crippen LogP) is 6.67. The summed E-state index contributed by atoms with van der Waals surface area (Å²) in [6.07, 6.45) is 23.3. The molecule has 0 atom stereocenters. The highest BCUT2D eigenvalue weighted by molar-refractivity contribution is 4.81. The van der Waals surface area contributed by atoms with Gasteiger partial charge in [-0.25, -0.2) is 0 Å². The fraction of sp³-hybridized carbons (Fsp3) is 0.778. The monoisotopic (exact) mass is 250 g/mol. The molecule has 0 amide bonds. The van der Waals surface area contributed by atoms with Crippen LogP contribution in [0.2, 0.25) is 0 Å². The maximum Gasteiger partial charge on any atom is -0.0351 e. The van der Waals surface area contributed by atoms with Crippen molar-refractivity contribution < 1.29 is 0 Å². The van der Waals surface area contributed by atoms with Gasteiger partial charge in [-0.15, -0.1) is 0 Å². The van der Waals surface area contributed by atoms with Crippen molar-refractivity contribution in [2.75, 3.05) is 0 Å². The first-order chi connectivity index (χ1) is 8.91. The predicted molar refractivity (Wildman–Crippen MR) is 84.5 cm³/mol. The van der Waals surface area contributed by atoms with E-state index in [2.05, 4.69) is 26.0 Å². The Bertz CT molecular complexity index is 157. The van der Waals surface area contributed by atoms with E-state index in [0.29, 0.717) is 0 Å². The van der Waals surface area contributed by atoms with Crippen LogP contribution in [0.25, 0.3) is 0 Å². The number of allylic oxidation sites excluding steroid dienone is 2. The minimum absolute atomic E-state index is 1.10. The second kappa shape index (κ2) is 16.7. The van der Waals surface area contributed by atoms with Crippen molar-refractivity contribution in [3.05, 3.63) is 26.0 Å². The van der Waals surface area contributed by atoms with Gasteiger partial charge in [0.25, 0.3) is 0 Å². The van der Waals surface area contributed by atoms with Gasteiger partial charge in [0.1, 0.15) is 0 Å². The molecule has 0 heteroatoms. The van der Waals surface area contributed by atoms with Gasteiger partial charge in [0.05, 0.1) is 0 Å². The molecule has 0 heterocycles.